The van der Waals surface area contributed by atoms with E-state index in [1.807, 2.05) is 36.5 Å². The third-order valence-corrected chi connectivity index (χ3v) is 4.64. The van der Waals surface area contributed by atoms with E-state index < -0.39 is 0 Å². The molecule has 1 unspecified atom stereocenters. The fourth-order valence-electron chi connectivity index (χ4n) is 3.46. The summed E-state index contributed by atoms with van der Waals surface area (Å²) in [7, 11) is 0. The first kappa shape index (κ1) is 15.2. The minimum absolute atomic E-state index is 0.106. The van der Waals surface area contributed by atoms with E-state index in [-0.39, 0.29) is 11.9 Å². The average molecular weight is 321 g/mol. The Balaban J connectivity index is 1.82. The Labute approximate surface area is 141 Å². The van der Waals surface area contributed by atoms with Crippen LogP contribution in [0.15, 0.2) is 60.8 Å². The highest BCUT2D eigenvalue weighted by atomic mass is 19.1. The number of piperazine rings is 1. The smallest absolute Gasteiger partial charge is 0.128 e. The van der Waals surface area contributed by atoms with Gasteiger partial charge in [0, 0.05) is 43.3 Å². The first-order valence-corrected chi connectivity index (χ1v) is 8.37. The number of aromatic nitrogens is 1. The normalized spacial score (nSPS) is 17.0. The van der Waals surface area contributed by atoms with Gasteiger partial charge in [-0.1, -0.05) is 36.4 Å². The lowest BCUT2D eigenvalue weighted by Crippen LogP contribution is -2.45. The van der Waals surface area contributed by atoms with E-state index >= 15 is 0 Å². The molecule has 0 radical (unpaired) electrons. The van der Waals surface area contributed by atoms with Gasteiger partial charge in [-0.3, -0.25) is 9.88 Å². The van der Waals surface area contributed by atoms with E-state index in [1.54, 1.807) is 12.1 Å². The third-order valence-electron chi connectivity index (χ3n) is 4.64. The van der Waals surface area contributed by atoms with Gasteiger partial charge in [0.2, 0.25) is 0 Å². The van der Waals surface area contributed by atoms with Crippen molar-refractivity contribution < 1.29 is 4.39 Å². The Morgan fingerprint density at radius 1 is 1.00 bits per heavy atom. The summed E-state index contributed by atoms with van der Waals surface area (Å²) in [6.07, 6.45) is 1.89. The number of hydrogen-bond donors (Lipinski definition) is 1. The van der Waals surface area contributed by atoms with E-state index in [0.717, 1.165) is 48.2 Å². The first-order chi connectivity index (χ1) is 11.8. The molecule has 1 N–H and O–H groups in total. The van der Waals surface area contributed by atoms with Crippen LogP contribution < -0.4 is 5.32 Å². The Morgan fingerprint density at radius 3 is 2.58 bits per heavy atom. The first-order valence-electron chi connectivity index (χ1n) is 8.37. The Morgan fingerprint density at radius 2 is 1.75 bits per heavy atom. The molecule has 4 rings (SSSR count). The second kappa shape index (κ2) is 6.67. The summed E-state index contributed by atoms with van der Waals surface area (Å²) in [6, 6.07) is 17.2. The van der Waals surface area contributed by atoms with E-state index in [9.17, 15) is 4.39 Å². The zero-order valence-corrected chi connectivity index (χ0v) is 13.5. The van der Waals surface area contributed by atoms with E-state index in [1.165, 1.54) is 0 Å². The summed E-state index contributed by atoms with van der Waals surface area (Å²) in [5, 5.41) is 4.46. The highest BCUT2D eigenvalue weighted by Gasteiger charge is 2.26. The number of halogens is 1. The standard InChI is InChI=1S/C20H20FN3/c21-18-7-3-2-6-17(18)20(24-11-9-22-10-12-24)16-13-15-5-1-4-8-19(15)23-14-16/h1-8,13-14,20,22H,9-12H2. The highest BCUT2D eigenvalue weighted by Crippen LogP contribution is 2.31. The molecule has 2 aromatic carbocycles. The molecule has 24 heavy (non-hydrogen) atoms. The van der Waals surface area contributed by atoms with Crippen molar-refractivity contribution in [2.45, 2.75) is 6.04 Å². The van der Waals surface area contributed by atoms with Crippen molar-refractivity contribution in [2.24, 2.45) is 0 Å². The maximum atomic E-state index is 14.5. The van der Waals surface area contributed by atoms with Crippen molar-refractivity contribution in [3.8, 4) is 0 Å². The zero-order chi connectivity index (χ0) is 16.4. The lowest BCUT2D eigenvalue weighted by Gasteiger charge is -2.35. The number of para-hydroxylation sites is 1. The van der Waals surface area contributed by atoms with Crippen LogP contribution in [0, 0.1) is 5.82 Å². The Bertz CT molecular complexity index is 843. The summed E-state index contributed by atoms with van der Waals surface area (Å²) in [5.74, 6) is -0.158. The molecular formula is C20H20FN3. The van der Waals surface area contributed by atoms with E-state index in [4.69, 9.17) is 0 Å². The zero-order valence-electron chi connectivity index (χ0n) is 13.5. The van der Waals surface area contributed by atoms with Gasteiger partial charge in [0.25, 0.3) is 0 Å². The number of hydrogen-bond acceptors (Lipinski definition) is 3. The van der Waals surface area contributed by atoms with Gasteiger partial charge >= 0.3 is 0 Å². The molecule has 0 aliphatic carbocycles. The summed E-state index contributed by atoms with van der Waals surface area (Å²) in [5.41, 5.74) is 2.73. The van der Waals surface area contributed by atoms with Crippen LogP contribution in [0.25, 0.3) is 10.9 Å². The minimum Gasteiger partial charge on any atom is -0.314 e. The van der Waals surface area contributed by atoms with Crippen LogP contribution in [0.5, 0.6) is 0 Å². The largest absolute Gasteiger partial charge is 0.314 e. The maximum Gasteiger partial charge on any atom is 0.128 e. The third kappa shape index (κ3) is 2.90. The van der Waals surface area contributed by atoms with E-state index in [2.05, 4.69) is 27.3 Å². The van der Waals surface area contributed by atoms with Crippen LogP contribution in [-0.2, 0) is 0 Å². The molecule has 1 saturated heterocycles. The van der Waals surface area contributed by atoms with Gasteiger partial charge < -0.3 is 5.32 Å². The fourth-order valence-corrected chi connectivity index (χ4v) is 3.46. The molecule has 3 aromatic rings. The number of pyridine rings is 1. The van der Waals surface area contributed by atoms with Crippen molar-refractivity contribution >= 4 is 10.9 Å². The fraction of sp³-hybridized carbons (Fsp3) is 0.250. The van der Waals surface area contributed by atoms with Gasteiger partial charge in [0.1, 0.15) is 5.82 Å². The summed E-state index contributed by atoms with van der Waals surface area (Å²) < 4.78 is 14.5. The van der Waals surface area contributed by atoms with Crippen molar-refractivity contribution in [2.75, 3.05) is 26.2 Å². The number of nitrogens with one attached hydrogen (secondary N) is 1. The molecule has 1 aliphatic rings. The second-order valence-corrected chi connectivity index (χ2v) is 6.17. The molecule has 0 spiro atoms. The molecular weight excluding hydrogens is 301 g/mol. The van der Waals surface area contributed by atoms with Gasteiger partial charge in [-0.25, -0.2) is 4.39 Å². The van der Waals surface area contributed by atoms with Crippen molar-refractivity contribution in [3.63, 3.8) is 0 Å². The van der Waals surface area contributed by atoms with Gasteiger partial charge in [0.15, 0.2) is 0 Å². The highest BCUT2D eigenvalue weighted by molar-refractivity contribution is 5.79. The molecule has 2 heterocycles. The molecule has 122 valence electrons. The van der Waals surface area contributed by atoms with Crippen LogP contribution in [0.1, 0.15) is 17.2 Å². The monoisotopic (exact) mass is 321 g/mol. The van der Waals surface area contributed by atoms with Crippen LogP contribution in [0.3, 0.4) is 0 Å². The SMILES string of the molecule is Fc1ccccc1C(c1cnc2ccccc2c1)N1CCNCC1. The van der Waals surface area contributed by atoms with Gasteiger partial charge in [0.05, 0.1) is 11.6 Å². The number of fused-ring (bicyclic) bond motifs is 1. The molecule has 0 saturated carbocycles. The van der Waals surface area contributed by atoms with Gasteiger partial charge in [-0.2, -0.15) is 0 Å². The summed E-state index contributed by atoms with van der Waals surface area (Å²) in [4.78, 5) is 6.92. The topological polar surface area (TPSA) is 28.2 Å². The molecule has 1 aliphatic heterocycles. The summed E-state index contributed by atoms with van der Waals surface area (Å²) >= 11 is 0. The Kier molecular flexibility index (Phi) is 4.24. The predicted molar refractivity (Wildman–Crippen MR) is 94.4 cm³/mol. The molecule has 1 atom stereocenters. The quantitative estimate of drug-likeness (QED) is 0.802. The van der Waals surface area contributed by atoms with Gasteiger partial charge in [-0.15, -0.1) is 0 Å². The lowest BCUT2D eigenvalue weighted by molar-refractivity contribution is 0.195. The molecule has 3 nitrogen and oxygen atoms in total. The minimum atomic E-state index is -0.158. The van der Waals surface area contributed by atoms with E-state index in [0.29, 0.717) is 0 Å². The maximum absolute atomic E-state index is 14.5. The molecule has 0 amide bonds. The predicted octanol–water partition coefficient (Wildman–Crippen LogP) is 3.37. The number of nitrogens with zero attached hydrogens (tertiary/aromatic N) is 2. The number of benzene rings is 2. The van der Waals surface area contributed by atoms with Crippen LogP contribution in [-0.4, -0.2) is 36.1 Å². The van der Waals surface area contributed by atoms with Gasteiger partial charge in [-0.05, 0) is 23.8 Å². The van der Waals surface area contributed by atoms with Crippen molar-refractivity contribution in [1.82, 2.24) is 15.2 Å². The molecule has 0 bridgehead atoms. The van der Waals surface area contributed by atoms with Crippen LogP contribution in [0.2, 0.25) is 0 Å². The number of rotatable bonds is 3. The summed E-state index contributed by atoms with van der Waals surface area (Å²) in [6.45, 7) is 3.63. The molecule has 1 aromatic heterocycles. The molecule has 4 heteroatoms. The lowest BCUT2D eigenvalue weighted by atomic mass is 9.96. The van der Waals surface area contributed by atoms with Crippen molar-refractivity contribution in [1.29, 1.82) is 0 Å². The second-order valence-electron chi connectivity index (χ2n) is 6.17. The average Bonchev–Trinajstić information content (AvgIpc) is 2.64. The van der Waals surface area contributed by atoms with Crippen LogP contribution in [0.4, 0.5) is 4.39 Å². The van der Waals surface area contributed by atoms with Crippen molar-refractivity contribution in [3.05, 3.63) is 77.7 Å². The molecule has 1 fully saturated rings. The Hall–Kier alpha value is -2.30. The van der Waals surface area contributed by atoms with Crippen LogP contribution >= 0.6 is 0 Å².